The molecular formula is C12H17FN2O5S. The van der Waals surface area contributed by atoms with Crippen LogP contribution in [0.2, 0.25) is 0 Å². The summed E-state index contributed by atoms with van der Waals surface area (Å²) in [6.45, 7) is 4.74. The summed E-state index contributed by atoms with van der Waals surface area (Å²) in [7, 11) is -4.11. The molecule has 2 N–H and O–H groups in total. The zero-order valence-electron chi connectivity index (χ0n) is 11.8. The minimum Gasteiger partial charge on any atom is -0.395 e. The fourth-order valence-corrected chi connectivity index (χ4v) is 3.00. The maximum Gasteiger partial charge on any atom is 0.306 e. The lowest BCUT2D eigenvalue weighted by molar-refractivity contribution is -0.387. The average molecular weight is 320 g/mol. The number of benzene rings is 1. The van der Waals surface area contributed by atoms with E-state index in [9.17, 15) is 28.0 Å². The number of nitro benzene ring substituents is 1. The first-order valence-corrected chi connectivity index (χ1v) is 7.54. The van der Waals surface area contributed by atoms with Gasteiger partial charge in [-0.2, -0.15) is 4.39 Å². The van der Waals surface area contributed by atoms with Crippen LogP contribution >= 0.6 is 0 Å². The Kier molecular flexibility index (Phi) is 5.03. The molecule has 0 saturated carbocycles. The standard InChI is InChI=1S/C12H17FN2O5S/c1-12(2,3)11(7-16)14-21(19,20)8-4-5-9(13)10(6-8)15(17)18/h4-6,11,14,16H,7H2,1-3H3/t11-/m1/s1. The molecule has 118 valence electrons. The van der Waals surface area contributed by atoms with E-state index >= 15 is 0 Å². The Morgan fingerprint density at radius 2 is 2.00 bits per heavy atom. The molecule has 21 heavy (non-hydrogen) atoms. The van der Waals surface area contributed by atoms with E-state index in [4.69, 9.17) is 0 Å². The van der Waals surface area contributed by atoms with Crippen LogP contribution in [0.25, 0.3) is 0 Å². The number of sulfonamides is 1. The van der Waals surface area contributed by atoms with Gasteiger partial charge in [-0.3, -0.25) is 10.1 Å². The van der Waals surface area contributed by atoms with E-state index < -0.39 is 49.4 Å². The first kappa shape index (κ1) is 17.5. The van der Waals surface area contributed by atoms with Crippen molar-refractivity contribution in [2.24, 2.45) is 5.41 Å². The van der Waals surface area contributed by atoms with Crippen LogP contribution in [0.15, 0.2) is 23.1 Å². The van der Waals surface area contributed by atoms with Crippen LogP contribution in [0.5, 0.6) is 0 Å². The zero-order valence-corrected chi connectivity index (χ0v) is 12.6. The largest absolute Gasteiger partial charge is 0.395 e. The van der Waals surface area contributed by atoms with Crippen molar-refractivity contribution in [2.45, 2.75) is 31.7 Å². The number of aliphatic hydroxyl groups is 1. The molecule has 0 aliphatic heterocycles. The van der Waals surface area contributed by atoms with Gasteiger partial charge >= 0.3 is 5.69 Å². The first-order chi connectivity index (χ1) is 9.49. The van der Waals surface area contributed by atoms with Gasteiger partial charge in [0.15, 0.2) is 0 Å². The summed E-state index contributed by atoms with van der Waals surface area (Å²) in [5.74, 6) is -1.12. The zero-order chi connectivity index (χ0) is 16.4. The first-order valence-electron chi connectivity index (χ1n) is 6.06. The average Bonchev–Trinajstić information content (AvgIpc) is 2.34. The molecule has 9 heteroatoms. The second-order valence-electron chi connectivity index (χ2n) is 5.59. The van der Waals surface area contributed by atoms with Crippen LogP contribution in [-0.2, 0) is 10.0 Å². The number of hydrogen-bond donors (Lipinski definition) is 2. The molecule has 1 atom stereocenters. The van der Waals surface area contributed by atoms with E-state index in [1.807, 2.05) is 0 Å². The normalized spacial score (nSPS) is 14.0. The monoisotopic (exact) mass is 320 g/mol. The van der Waals surface area contributed by atoms with Gasteiger partial charge in [0.05, 0.1) is 16.4 Å². The van der Waals surface area contributed by atoms with Crippen LogP contribution in [0.4, 0.5) is 10.1 Å². The van der Waals surface area contributed by atoms with Gasteiger partial charge in [0.1, 0.15) is 0 Å². The quantitative estimate of drug-likeness (QED) is 0.630. The molecule has 1 rings (SSSR count). The van der Waals surface area contributed by atoms with Gasteiger partial charge in [0.25, 0.3) is 0 Å². The molecular weight excluding hydrogens is 303 g/mol. The highest BCUT2D eigenvalue weighted by atomic mass is 32.2. The summed E-state index contributed by atoms with van der Waals surface area (Å²) in [6.07, 6.45) is 0. The molecule has 0 bridgehead atoms. The van der Waals surface area contributed by atoms with Crippen LogP contribution in [0.3, 0.4) is 0 Å². The van der Waals surface area contributed by atoms with Crippen molar-refractivity contribution in [1.82, 2.24) is 4.72 Å². The van der Waals surface area contributed by atoms with Crippen LogP contribution in [0, 0.1) is 21.3 Å². The number of nitro groups is 1. The highest BCUT2D eigenvalue weighted by molar-refractivity contribution is 7.89. The minimum atomic E-state index is -4.11. The topological polar surface area (TPSA) is 110 Å². The SMILES string of the molecule is CC(C)(C)[C@@H](CO)NS(=O)(=O)c1ccc(F)c([N+](=O)[O-])c1. The lowest BCUT2D eigenvalue weighted by Gasteiger charge is -2.29. The molecule has 0 amide bonds. The van der Waals surface area contributed by atoms with Crippen molar-refractivity contribution in [3.8, 4) is 0 Å². The summed E-state index contributed by atoms with van der Waals surface area (Å²) in [4.78, 5) is 9.22. The molecule has 0 aliphatic carbocycles. The molecule has 7 nitrogen and oxygen atoms in total. The molecule has 1 aromatic rings. The highest BCUT2D eigenvalue weighted by Gasteiger charge is 2.30. The van der Waals surface area contributed by atoms with Crippen molar-refractivity contribution in [2.75, 3.05) is 6.61 Å². The lowest BCUT2D eigenvalue weighted by atomic mass is 9.88. The number of aliphatic hydroxyl groups excluding tert-OH is 1. The Morgan fingerprint density at radius 3 is 2.43 bits per heavy atom. The van der Waals surface area contributed by atoms with E-state index in [1.165, 1.54) is 0 Å². The van der Waals surface area contributed by atoms with Crippen molar-refractivity contribution < 1.29 is 22.8 Å². The van der Waals surface area contributed by atoms with Crippen molar-refractivity contribution in [3.63, 3.8) is 0 Å². The molecule has 1 aromatic carbocycles. The second-order valence-corrected chi connectivity index (χ2v) is 7.31. The molecule has 0 unspecified atom stereocenters. The van der Waals surface area contributed by atoms with Gasteiger partial charge in [-0.1, -0.05) is 20.8 Å². The molecule has 0 spiro atoms. The minimum absolute atomic E-state index is 0.432. The summed E-state index contributed by atoms with van der Waals surface area (Å²) in [6, 6.07) is 1.51. The van der Waals surface area contributed by atoms with E-state index in [2.05, 4.69) is 4.72 Å². The molecule has 0 heterocycles. The number of nitrogens with zero attached hydrogens (tertiary/aromatic N) is 1. The molecule has 0 aliphatic rings. The maximum atomic E-state index is 13.2. The Labute approximate surface area is 122 Å². The van der Waals surface area contributed by atoms with Gasteiger partial charge < -0.3 is 5.11 Å². The van der Waals surface area contributed by atoms with Crippen LogP contribution in [-0.4, -0.2) is 31.1 Å². The maximum absolute atomic E-state index is 13.2. The van der Waals surface area contributed by atoms with Gasteiger partial charge in [-0.25, -0.2) is 13.1 Å². The molecule has 0 radical (unpaired) electrons. The Balaban J connectivity index is 3.20. The smallest absolute Gasteiger partial charge is 0.306 e. The third-order valence-electron chi connectivity index (χ3n) is 2.95. The number of rotatable bonds is 5. The van der Waals surface area contributed by atoms with Gasteiger partial charge in [0, 0.05) is 12.1 Å². The molecule has 0 fully saturated rings. The van der Waals surface area contributed by atoms with Crippen LogP contribution < -0.4 is 4.72 Å². The van der Waals surface area contributed by atoms with Crippen LogP contribution in [0.1, 0.15) is 20.8 Å². The fraction of sp³-hybridized carbons (Fsp3) is 0.500. The Bertz CT molecular complexity index is 640. The van der Waals surface area contributed by atoms with Gasteiger partial charge in [-0.05, 0) is 17.5 Å². The van der Waals surface area contributed by atoms with Gasteiger partial charge in [-0.15, -0.1) is 0 Å². The Hall–Kier alpha value is -1.58. The second kappa shape index (κ2) is 6.04. The third-order valence-corrected chi connectivity index (χ3v) is 4.42. The predicted molar refractivity (Wildman–Crippen MR) is 73.7 cm³/mol. The lowest BCUT2D eigenvalue weighted by Crippen LogP contribution is -2.46. The van der Waals surface area contributed by atoms with Crippen molar-refractivity contribution in [3.05, 3.63) is 34.1 Å². The summed E-state index contributed by atoms with van der Waals surface area (Å²) in [5, 5.41) is 19.9. The van der Waals surface area contributed by atoms with Gasteiger partial charge in [0.2, 0.25) is 15.8 Å². The number of nitrogens with one attached hydrogen (secondary N) is 1. The summed E-state index contributed by atoms with van der Waals surface area (Å²) >= 11 is 0. The Morgan fingerprint density at radius 1 is 1.43 bits per heavy atom. The summed E-state index contributed by atoms with van der Waals surface area (Å²) < 4.78 is 39.8. The van der Waals surface area contributed by atoms with Crippen molar-refractivity contribution in [1.29, 1.82) is 0 Å². The van der Waals surface area contributed by atoms with E-state index in [0.29, 0.717) is 6.07 Å². The van der Waals surface area contributed by atoms with E-state index in [-0.39, 0.29) is 0 Å². The number of hydrogen-bond acceptors (Lipinski definition) is 5. The van der Waals surface area contributed by atoms with E-state index in [1.54, 1.807) is 20.8 Å². The molecule has 0 saturated heterocycles. The van der Waals surface area contributed by atoms with E-state index in [0.717, 1.165) is 12.1 Å². The fourth-order valence-electron chi connectivity index (χ4n) is 1.54. The molecule has 0 aromatic heterocycles. The summed E-state index contributed by atoms with van der Waals surface area (Å²) in [5.41, 5.74) is -1.48. The highest BCUT2D eigenvalue weighted by Crippen LogP contribution is 2.24. The number of halogens is 1. The van der Waals surface area contributed by atoms with Crippen molar-refractivity contribution >= 4 is 15.7 Å². The third kappa shape index (κ3) is 4.19. The predicted octanol–water partition coefficient (Wildman–Crippen LogP) is 1.42.